The smallest absolute Gasteiger partial charge is 0.221 e. The van der Waals surface area contributed by atoms with Crippen molar-refractivity contribution < 1.29 is 9.90 Å². The molecule has 3 heteroatoms. The van der Waals surface area contributed by atoms with E-state index >= 15 is 0 Å². The molecule has 1 aliphatic rings. The van der Waals surface area contributed by atoms with Crippen LogP contribution in [0.25, 0.3) is 0 Å². The van der Waals surface area contributed by atoms with Gasteiger partial charge in [0.1, 0.15) is 5.76 Å². The molecule has 1 rings (SSSR count). The van der Waals surface area contributed by atoms with E-state index in [1.165, 1.54) is 12.2 Å². The van der Waals surface area contributed by atoms with Crippen molar-refractivity contribution >= 4 is 5.91 Å². The van der Waals surface area contributed by atoms with Crippen molar-refractivity contribution in [2.24, 2.45) is 5.73 Å². The number of aliphatic hydroxyl groups is 1. The predicted octanol–water partition coefficient (Wildman–Crippen LogP) is 0.637. The van der Waals surface area contributed by atoms with Crippen LogP contribution in [0.15, 0.2) is 23.5 Å². The first kappa shape index (κ1) is 8.41. The minimum Gasteiger partial charge on any atom is -0.507 e. The van der Waals surface area contributed by atoms with Crippen LogP contribution in [0.1, 0.15) is 12.8 Å². The summed E-state index contributed by atoms with van der Waals surface area (Å²) >= 11 is 0. The lowest BCUT2D eigenvalue weighted by atomic mass is 10.1. The zero-order chi connectivity index (χ0) is 8.97. The van der Waals surface area contributed by atoms with Crippen LogP contribution in [0.2, 0.25) is 0 Å². The highest BCUT2D eigenvalue weighted by Crippen LogP contribution is 2.10. The molecule has 1 amide bonds. The Labute approximate surface area is 70.6 Å². The van der Waals surface area contributed by atoms with Gasteiger partial charge in [0.15, 0.2) is 0 Å². The summed E-state index contributed by atoms with van der Waals surface area (Å²) in [6.45, 7) is 0. The molecule has 0 atom stereocenters. The molecule has 3 N–H and O–H groups in total. The molecule has 0 bridgehead atoms. The van der Waals surface area contributed by atoms with Gasteiger partial charge in [-0.15, -0.1) is 0 Å². The van der Waals surface area contributed by atoms with Gasteiger partial charge < -0.3 is 10.8 Å². The van der Waals surface area contributed by atoms with Crippen molar-refractivity contribution in [3.63, 3.8) is 0 Å². The third kappa shape index (κ3) is 2.51. The highest BCUT2D eigenvalue weighted by molar-refractivity contribution is 5.76. The number of hydrogen-bond acceptors (Lipinski definition) is 2. The van der Waals surface area contributed by atoms with Crippen LogP contribution in [-0.4, -0.2) is 11.0 Å². The Balaban J connectivity index is 2.74. The van der Waals surface area contributed by atoms with E-state index in [0.29, 0.717) is 6.42 Å². The normalized spacial score (nSPS) is 15.0. The number of rotatable bonds is 2. The Kier molecular flexibility index (Phi) is 2.54. The molecule has 0 heterocycles. The molecule has 0 saturated carbocycles. The van der Waals surface area contributed by atoms with Crippen molar-refractivity contribution in [1.82, 2.24) is 0 Å². The van der Waals surface area contributed by atoms with E-state index in [1.54, 1.807) is 0 Å². The summed E-state index contributed by atoms with van der Waals surface area (Å²) in [6, 6.07) is 0. The number of allylic oxidation sites excluding steroid dienone is 2. The molecule has 0 aromatic heterocycles. The maximum absolute atomic E-state index is 10.5. The van der Waals surface area contributed by atoms with E-state index in [9.17, 15) is 4.79 Å². The van der Waals surface area contributed by atoms with Crippen molar-refractivity contribution in [2.45, 2.75) is 12.8 Å². The van der Waals surface area contributed by atoms with Gasteiger partial charge in [-0.3, -0.25) is 4.79 Å². The third-order valence-electron chi connectivity index (χ3n) is 1.39. The van der Waals surface area contributed by atoms with Gasteiger partial charge in [-0.1, -0.05) is 11.8 Å². The summed E-state index contributed by atoms with van der Waals surface area (Å²) in [7, 11) is 0. The average molecular weight is 163 g/mol. The molecular formula is C9H9NO2. The molecule has 12 heavy (non-hydrogen) atoms. The SMILES string of the molecule is NC(=O)CC1=CC(O)=CC#CC1. The van der Waals surface area contributed by atoms with Crippen LogP contribution in [0.4, 0.5) is 0 Å². The molecule has 0 aliphatic heterocycles. The van der Waals surface area contributed by atoms with Gasteiger partial charge in [-0.2, -0.15) is 0 Å². The van der Waals surface area contributed by atoms with Gasteiger partial charge in [0.2, 0.25) is 5.91 Å². The first-order valence-electron chi connectivity index (χ1n) is 3.54. The molecule has 1 aliphatic carbocycles. The number of aliphatic hydroxyl groups excluding tert-OH is 1. The molecule has 0 radical (unpaired) electrons. The van der Waals surface area contributed by atoms with E-state index in [2.05, 4.69) is 11.8 Å². The largest absolute Gasteiger partial charge is 0.507 e. The molecule has 62 valence electrons. The highest BCUT2D eigenvalue weighted by atomic mass is 16.3. The van der Waals surface area contributed by atoms with Gasteiger partial charge in [0, 0.05) is 18.9 Å². The zero-order valence-corrected chi connectivity index (χ0v) is 6.50. The summed E-state index contributed by atoms with van der Waals surface area (Å²) < 4.78 is 0. The molecule has 0 unspecified atom stereocenters. The summed E-state index contributed by atoms with van der Waals surface area (Å²) in [5.74, 6) is 5.08. The van der Waals surface area contributed by atoms with Crippen molar-refractivity contribution in [2.75, 3.05) is 0 Å². The number of primary amides is 1. The van der Waals surface area contributed by atoms with Crippen molar-refractivity contribution in [3.05, 3.63) is 23.5 Å². The quantitative estimate of drug-likeness (QED) is 0.586. The zero-order valence-electron chi connectivity index (χ0n) is 6.50. The second kappa shape index (κ2) is 3.63. The lowest BCUT2D eigenvalue weighted by Crippen LogP contribution is -2.11. The maximum Gasteiger partial charge on any atom is 0.221 e. The van der Waals surface area contributed by atoms with Crippen LogP contribution in [-0.2, 0) is 4.79 Å². The predicted molar refractivity (Wildman–Crippen MR) is 45.0 cm³/mol. The summed E-state index contributed by atoms with van der Waals surface area (Å²) in [5, 5.41) is 9.10. The number of hydrogen-bond donors (Lipinski definition) is 2. The number of nitrogens with two attached hydrogens (primary N) is 1. The van der Waals surface area contributed by atoms with Gasteiger partial charge in [0.05, 0.1) is 0 Å². The second-order valence-electron chi connectivity index (χ2n) is 2.51. The van der Waals surface area contributed by atoms with Gasteiger partial charge in [-0.25, -0.2) is 0 Å². The molecule has 3 nitrogen and oxygen atoms in total. The number of carbonyl (C=O) groups excluding carboxylic acids is 1. The van der Waals surface area contributed by atoms with E-state index in [1.807, 2.05) is 0 Å². The van der Waals surface area contributed by atoms with E-state index in [4.69, 9.17) is 10.8 Å². The second-order valence-corrected chi connectivity index (χ2v) is 2.51. The van der Waals surface area contributed by atoms with Crippen molar-refractivity contribution in [1.29, 1.82) is 0 Å². The van der Waals surface area contributed by atoms with Crippen LogP contribution >= 0.6 is 0 Å². The number of amides is 1. The molecule has 0 fully saturated rings. The first-order valence-corrected chi connectivity index (χ1v) is 3.54. The lowest BCUT2D eigenvalue weighted by molar-refractivity contribution is -0.117. The number of carbonyl (C=O) groups is 1. The maximum atomic E-state index is 10.5. The minimum atomic E-state index is -0.405. The van der Waals surface area contributed by atoms with E-state index in [0.717, 1.165) is 5.57 Å². The molecule has 0 aromatic carbocycles. The molecule has 0 aromatic rings. The molecule has 0 spiro atoms. The van der Waals surface area contributed by atoms with Gasteiger partial charge in [-0.05, 0) is 11.6 Å². The van der Waals surface area contributed by atoms with Crippen LogP contribution in [0.3, 0.4) is 0 Å². The average Bonchev–Trinajstić information content (AvgIpc) is 2.12. The fourth-order valence-corrected chi connectivity index (χ4v) is 0.929. The summed E-state index contributed by atoms with van der Waals surface area (Å²) in [5.41, 5.74) is 5.74. The fraction of sp³-hybridized carbons (Fsp3) is 0.222. The highest BCUT2D eigenvalue weighted by Gasteiger charge is 2.03. The Hall–Kier alpha value is -1.69. The minimum absolute atomic E-state index is 0.0799. The standard InChI is InChI=1S/C9H9NO2/c10-9(12)6-7-3-1-2-4-8(11)5-7/h4-5,11H,3,6H2,(H2,10,12). The topological polar surface area (TPSA) is 63.3 Å². The fourth-order valence-electron chi connectivity index (χ4n) is 0.929. The van der Waals surface area contributed by atoms with E-state index in [-0.39, 0.29) is 12.2 Å². The Morgan fingerprint density at radius 1 is 1.75 bits per heavy atom. The Bertz CT molecular complexity index is 315. The van der Waals surface area contributed by atoms with Crippen LogP contribution < -0.4 is 5.73 Å². The van der Waals surface area contributed by atoms with Crippen LogP contribution in [0.5, 0.6) is 0 Å². The van der Waals surface area contributed by atoms with Gasteiger partial charge in [0.25, 0.3) is 0 Å². The monoisotopic (exact) mass is 163 g/mol. The first-order chi connectivity index (χ1) is 5.68. The summed E-state index contributed by atoms with van der Waals surface area (Å²) in [4.78, 5) is 10.5. The summed E-state index contributed by atoms with van der Waals surface area (Å²) in [6.07, 6.45) is 3.56. The van der Waals surface area contributed by atoms with Crippen LogP contribution in [0, 0.1) is 11.8 Å². The molecule has 0 saturated heterocycles. The molecular weight excluding hydrogens is 154 g/mol. The van der Waals surface area contributed by atoms with Gasteiger partial charge >= 0.3 is 0 Å². The Morgan fingerprint density at radius 3 is 3.17 bits per heavy atom. The van der Waals surface area contributed by atoms with E-state index < -0.39 is 5.91 Å². The Morgan fingerprint density at radius 2 is 2.50 bits per heavy atom. The third-order valence-corrected chi connectivity index (χ3v) is 1.39. The van der Waals surface area contributed by atoms with Crippen molar-refractivity contribution in [3.8, 4) is 11.8 Å². The lowest BCUT2D eigenvalue weighted by Gasteiger charge is -1.98.